The number of hydrogen-bond acceptors (Lipinski definition) is 5. The summed E-state index contributed by atoms with van der Waals surface area (Å²) in [6, 6.07) is 15.4. The molecule has 206 valence electrons. The molecule has 1 unspecified atom stereocenters. The molecule has 39 heavy (non-hydrogen) atoms. The van der Waals surface area contributed by atoms with Gasteiger partial charge in [0.05, 0.1) is 17.2 Å². The molecule has 1 spiro atoms. The van der Waals surface area contributed by atoms with Crippen molar-refractivity contribution in [1.29, 1.82) is 0 Å². The lowest BCUT2D eigenvalue weighted by Gasteiger charge is -2.45. The summed E-state index contributed by atoms with van der Waals surface area (Å²) in [5, 5.41) is 0. The van der Waals surface area contributed by atoms with Gasteiger partial charge in [-0.25, -0.2) is 18.1 Å². The van der Waals surface area contributed by atoms with Gasteiger partial charge in [0.15, 0.2) is 0 Å². The smallest absolute Gasteiger partial charge is 0.264 e. The maximum atomic E-state index is 13.5. The van der Waals surface area contributed by atoms with Gasteiger partial charge in [-0.3, -0.25) is 0 Å². The van der Waals surface area contributed by atoms with Crippen LogP contribution in [0.5, 0.6) is 5.88 Å². The molecule has 1 aromatic heterocycles. The number of ether oxygens (including phenoxy) is 1. The van der Waals surface area contributed by atoms with Crippen molar-refractivity contribution in [1.82, 2.24) is 9.97 Å². The van der Waals surface area contributed by atoms with Crippen molar-refractivity contribution in [3.8, 4) is 17.1 Å². The molecular weight excluding hydrogens is 506 g/mol. The second-order valence-electron chi connectivity index (χ2n) is 12.7. The number of hydrogen-bond donors (Lipinski definition) is 1. The third kappa shape index (κ3) is 5.43. The highest BCUT2D eigenvalue weighted by Crippen LogP contribution is 2.66. The van der Waals surface area contributed by atoms with E-state index < -0.39 is 10.0 Å². The van der Waals surface area contributed by atoms with E-state index in [9.17, 15) is 8.42 Å². The number of aromatic nitrogens is 2. The van der Waals surface area contributed by atoms with E-state index in [1.165, 1.54) is 25.7 Å². The predicted octanol–water partition coefficient (Wildman–Crippen LogP) is 6.96. The van der Waals surface area contributed by atoms with E-state index >= 15 is 0 Å². The van der Waals surface area contributed by atoms with E-state index in [0.29, 0.717) is 47.3 Å². The van der Waals surface area contributed by atoms with E-state index in [1.54, 1.807) is 6.07 Å². The van der Waals surface area contributed by atoms with Crippen LogP contribution in [0, 0.1) is 42.9 Å². The van der Waals surface area contributed by atoms with Crippen LogP contribution in [0.3, 0.4) is 0 Å². The summed E-state index contributed by atoms with van der Waals surface area (Å²) >= 11 is 0. The largest absolute Gasteiger partial charge is 0.477 e. The van der Waals surface area contributed by atoms with Crippen LogP contribution in [0.1, 0.15) is 62.6 Å². The SMILES string of the molecule is Cc1cccc(C)c1-c1cc2nc(n1)NS(=O)(=O)c1cccc(c1)CC(C1CC3(CC3)C1)[C@H](CC(C)C)CO2. The first-order chi connectivity index (χ1) is 18.6. The first-order valence-electron chi connectivity index (χ1n) is 14.3. The molecule has 3 aliphatic rings. The number of benzene rings is 2. The fraction of sp³-hybridized carbons (Fsp3) is 0.500. The van der Waals surface area contributed by atoms with Crippen molar-refractivity contribution in [2.45, 2.75) is 71.1 Å². The monoisotopic (exact) mass is 545 g/mol. The summed E-state index contributed by atoms with van der Waals surface area (Å²) in [4.78, 5) is 9.45. The maximum absolute atomic E-state index is 13.5. The van der Waals surface area contributed by atoms with Crippen LogP contribution in [-0.2, 0) is 16.4 Å². The zero-order chi connectivity index (χ0) is 27.4. The van der Waals surface area contributed by atoms with E-state index in [2.05, 4.69) is 34.6 Å². The van der Waals surface area contributed by atoms with Gasteiger partial charge in [-0.2, -0.15) is 4.98 Å². The van der Waals surface area contributed by atoms with Crippen LogP contribution in [0.2, 0.25) is 0 Å². The normalized spacial score (nSPS) is 23.5. The van der Waals surface area contributed by atoms with Gasteiger partial charge in [0.25, 0.3) is 10.0 Å². The zero-order valence-electron chi connectivity index (χ0n) is 23.4. The number of aryl methyl sites for hydroxylation is 2. The first kappa shape index (κ1) is 26.3. The lowest BCUT2D eigenvalue weighted by atomic mass is 9.61. The molecule has 6 nitrogen and oxygen atoms in total. The Balaban J connectivity index is 1.45. The van der Waals surface area contributed by atoms with Gasteiger partial charge in [-0.15, -0.1) is 0 Å². The minimum atomic E-state index is -3.88. The summed E-state index contributed by atoms with van der Waals surface area (Å²) in [6.07, 6.45) is 7.24. The predicted molar refractivity (Wildman–Crippen MR) is 154 cm³/mol. The molecule has 7 heteroatoms. The molecule has 2 aliphatic carbocycles. The van der Waals surface area contributed by atoms with Crippen LogP contribution in [0.15, 0.2) is 53.4 Å². The molecule has 3 aromatic rings. The molecule has 2 fully saturated rings. The average molecular weight is 546 g/mol. The van der Waals surface area contributed by atoms with Crippen molar-refractivity contribution in [3.05, 3.63) is 65.2 Å². The Hall–Kier alpha value is -2.93. The number of rotatable bonds is 4. The molecule has 6 rings (SSSR count). The third-order valence-corrected chi connectivity index (χ3v) is 10.4. The van der Waals surface area contributed by atoms with Crippen molar-refractivity contribution < 1.29 is 13.2 Å². The lowest BCUT2D eigenvalue weighted by Crippen LogP contribution is -2.39. The minimum absolute atomic E-state index is 0.0291. The lowest BCUT2D eigenvalue weighted by molar-refractivity contribution is 0.0407. The van der Waals surface area contributed by atoms with Gasteiger partial charge in [0.2, 0.25) is 11.8 Å². The molecule has 1 N–H and O–H groups in total. The fourth-order valence-corrected chi connectivity index (χ4v) is 8.02. The summed E-state index contributed by atoms with van der Waals surface area (Å²) in [5.74, 6) is 2.40. The van der Waals surface area contributed by atoms with Crippen LogP contribution in [0.4, 0.5) is 5.95 Å². The summed E-state index contributed by atoms with van der Waals surface area (Å²) in [6.45, 7) is 9.19. The summed E-state index contributed by atoms with van der Waals surface area (Å²) < 4.78 is 36.1. The van der Waals surface area contributed by atoms with Crippen LogP contribution in [0.25, 0.3) is 11.3 Å². The van der Waals surface area contributed by atoms with E-state index in [0.717, 1.165) is 35.1 Å². The topological polar surface area (TPSA) is 81.2 Å². The van der Waals surface area contributed by atoms with Crippen LogP contribution < -0.4 is 9.46 Å². The third-order valence-electron chi connectivity index (χ3n) is 9.12. The minimum Gasteiger partial charge on any atom is -0.477 e. The number of nitrogens with zero attached hydrogens (tertiary/aromatic N) is 2. The Morgan fingerprint density at radius 3 is 2.44 bits per heavy atom. The Bertz CT molecular complexity index is 1470. The standard InChI is InChI=1S/C32H39N3O3S/c1-20(2)13-24-19-38-29-16-28(30-21(3)7-5-8-22(30)4)33-31(34-29)35-39(36,37)26-10-6-9-23(14-26)15-27(24)25-17-32(18-25)11-12-32/h5-10,14,16,20,24-25,27H,11-13,15,17-19H2,1-4H3,(H,33,34,35)/t24-,27?/m1/s1. The van der Waals surface area contributed by atoms with Crippen molar-refractivity contribution >= 4 is 16.0 Å². The Kier molecular flexibility index (Phi) is 6.69. The molecular formula is C32H39N3O3S. The fourth-order valence-electron chi connectivity index (χ4n) is 7.00. The summed E-state index contributed by atoms with van der Waals surface area (Å²) in [7, 11) is -3.88. The molecule has 1 aliphatic heterocycles. The highest BCUT2D eigenvalue weighted by atomic mass is 32.2. The van der Waals surface area contributed by atoms with E-state index in [1.807, 2.05) is 50.2 Å². The van der Waals surface area contributed by atoms with Gasteiger partial charge in [-0.05, 0) is 110 Å². The van der Waals surface area contributed by atoms with E-state index in [-0.39, 0.29) is 10.8 Å². The van der Waals surface area contributed by atoms with Crippen molar-refractivity contribution in [3.63, 3.8) is 0 Å². The van der Waals surface area contributed by atoms with Crippen LogP contribution >= 0.6 is 0 Å². The van der Waals surface area contributed by atoms with Gasteiger partial charge in [-0.1, -0.05) is 44.2 Å². The molecule has 4 bridgehead atoms. The van der Waals surface area contributed by atoms with Gasteiger partial charge >= 0.3 is 0 Å². The molecule has 2 atom stereocenters. The Morgan fingerprint density at radius 2 is 1.74 bits per heavy atom. The van der Waals surface area contributed by atoms with Crippen molar-refractivity contribution in [2.75, 3.05) is 11.3 Å². The average Bonchev–Trinajstić information content (AvgIpc) is 3.65. The number of sulfonamides is 1. The maximum Gasteiger partial charge on any atom is 0.264 e. The molecule has 0 radical (unpaired) electrons. The van der Waals surface area contributed by atoms with Gasteiger partial charge in [0.1, 0.15) is 0 Å². The van der Waals surface area contributed by atoms with Gasteiger partial charge in [0, 0.05) is 11.6 Å². The second-order valence-corrected chi connectivity index (χ2v) is 14.4. The molecule has 0 amide bonds. The molecule has 0 saturated heterocycles. The zero-order valence-corrected chi connectivity index (χ0v) is 24.2. The Labute approximate surface area is 232 Å². The highest BCUT2D eigenvalue weighted by molar-refractivity contribution is 7.92. The Morgan fingerprint density at radius 1 is 1.03 bits per heavy atom. The summed E-state index contributed by atoms with van der Waals surface area (Å²) in [5.41, 5.74) is 5.43. The molecule has 2 heterocycles. The first-order valence-corrected chi connectivity index (χ1v) is 15.8. The van der Waals surface area contributed by atoms with Crippen molar-refractivity contribution in [2.24, 2.45) is 29.1 Å². The number of nitrogens with one attached hydrogen (secondary N) is 1. The molecule has 2 saturated carbocycles. The van der Waals surface area contributed by atoms with Crippen LogP contribution in [-0.4, -0.2) is 25.0 Å². The quantitative estimate of drug-likeness (QED) is 0.383. The number of fused-ring (bicyclic) bond motifs is 4. The van der Waals surface area contributed by atoms with Gasteiger partial charge < -0.3 is 4.74 Å². The molecule has 2 aromatic carbocycles. The number of anilines is 1. The second kappa shape index (κ2) is 9.92. The highest BCUT2D eigenvalue weighted by Gasteiger charge is 2.55. The van der Waals surface area contributed by atoms with E-state index in [4.69, 9.17) is 4.74 Å².